The van der Waals surface area contributed by atoms with E-state index in [1.54, 1.807) is 0 Å². The topological polar surface area (TPSA) is 32.3 Å². The zero-order chi connectivity index (χ0) is 9.26. The summed E-state index contributed by atoms with van der Waals surface area (Å²) in [5, 5.41) is 12.9. The van der Waals surface area contributed by atoms with Crippen LogP contribution in [0, 0.1) is 6.92 Å². The van der Waals surface area contributed by atoms with E-state index in [4.69, 9.17) is 0 Å². The molecule has 0 aromatic heterocycles. The number of rotatable bonds is 1. The highest BCUT2D eigenvalue weighted by Gasteiger charge is 2.16. The summed E-state index contributed by atoms with van der Waals surface area (Å²) >= 11 is 0. The van der Waals surface area contributed by atoms with Gasteiger partial charge in [0.05, 0.1) is 0 Å². The summed E-state index contributed by atoms with van der Waals surface area (Å²) < 4.78 is 0. The van der Waals surface area contributed by atoms with E-state index in [1.807, 2.05) is 19.1 Å². The third-order valence-corrected chi connectivity index (χ3v) is 2.76. The third kappa shape index (κ3) is 1.68. The molecular formula is C11H15NO. The Morgan fingerprint density at radius 2 is 2.31 bits per heavy atom. The molecule has 1 aliphatic rings. The van der Waals surface area contributed by atoms with Gasteiger partial charge < -0.3 is 10.4 Å². The quantitative estimate of drug-likeness (QED) is 0.685. The number of benzene rings is 1. The Labute approximate surface area is 78.6 Å². The molecule has 70 valence electrons. The van der Waals surface area contributed by atoms with Crippen molar-refractivity contribution in [1.82, 2.24) is 5.32 Å². The summed E-state index contributed by atoms with van der Waals surface area (Å²) in [5.74, 6) is 1.01. The van der Waals surface area contributed by atoms with Crippen molar-refractivity contribution >= 4 is 0 Å². The fraction of sp³-hybridized carbons (Fsp3) is 0.455. The van der Waals surface area contributed by atoms with Gasteiger partial charge in [-0.05, 0) is 43.0 Å². The minimum Gasteiger partial charge on any atom is -0.508 e. The van der Waals surface area contributed by atoms with E-state index in [9.17, 15) is 5.11 Å². The van der Waals surface area contributed by atoms with Gasteiger partial charge in [-0.15, -0.1) is 0 Å². The average molecular weight is 177 g/mol. The molecule has 13 heavy (non-hydrogen) atoms. The van der Waals surface area contributed by atoms with Crippen molar-refractivity contribution in [3.05, 3.63) is 29.3 Å². The molecule has 1 unspecified atom stereocenters. The maximum absolute atomic E-state index is 9.54. The molecule has 0 bridgehead atoms. The van der Waals surface area contributed by atoms with Crippen molar-refractivity contribution in [2.45, 2.75) is 19.3 Å². The van der Waals surface area contributed by atoms with E-state index in [0.717, 1.165) is 18.7 Å². The van der Waals surface area contributed by atoms with E-state index >= 15 is 0 Å². The van der Waals surface area contributed by atoms with Gasteiger partial charge in [-0.2, -0.15) is 0 Å². The number of nitrogens with one attached hydrogen (secondary N) is 1. The lowest BCUT2D eigenvalue weighted by Gasteiger charge is -2.09. The minimum atomic E-state index is 0.421. The molecule has 1 heterocycles. The Balaban J connectivity index is 2.25. The lowest BCUT2D eigenvalue weighted by Crippen LogP contribution is -2.07. The highest BCUT2D eigenvalue weighted by Crippen LogP contribution is 2.26. The molecule has 1 atom stereocenters. The zero-order valence-corrected chi connectivity index (χ0v) is 7.88. The Hall–Kier alpha value is -1.02. The maximum Gasteiger partial charge on any atom is 0.118 e. The van der Waals surface area contributed by atoms with E-state index in [1.165, 1.54) is 12.0 Å². The zero-order valence-electron chi connectivity index (χ0n) is 7.88. The van der Waals surface area contributed by atoms with Gasteiger partial charge in [-0.1, -0.05) is 12.1 Å². The van der Waals surface area contributed by atoms with Crippen LogP contribution in [0.4, 0.5) is 0 Å². The smallest absolute Gasteiger partial charge is 0.118 e. The number of phenolic OH excluding ortho intramolecular Hbond substituents is 1. The summed E-state index contributed by atoms with van der Waals surface area (Å²) in [7, 11) is 0. The SMILES string of the molecule is Cc1ccc(C2CCNC2)cc1O. The molecule has 0 spiro atoms. The molecule has 2 rings (SSSR count). The molecule has 1 fully saturated rings. The van der Waals surface area contributed by atoms with Crippen LogP contribution in [0.25, 0.3) is 0 Å². The molecule has 2 nitrogen and oxygen atoms in total. The molecule has 1 aliphatic heterocycles. The molecule has 0 aliphatic carbocycles. The van der Waals surface area contributed by atoms with Crippen molar-refractivity contribution in [2.24, 2.45) is 0 Å². The van der Waals surface area contributed by atoms with Gasteiger partial charge in [-0.25, -0.2) is 0 Å². The van der Waals surface area contributed by atoms with Crippen molar-refractivity contribution < 1.29 is 5.11 Å². The van der Waals surface area contributed by atoms with E-state index in [0.29, 0.717) is 11.7 Å². The Kier molecular flexibility index (Phi) is 2.23. The summed E-state index contributed by atoms with van der Waals surface area (Å²) in [4.78, 5) is 0. The normalized spacial score (nSPS) is 22.1. The van der Waals surface area contributed by atoms with Crippen LogP contribution in [0.1, 0.15) is 23.5 Å². The van der Waals surface area contributed by atoms with Gasteiger partial charge in [0.2, 0.25) is 0 Å². The van der Waals surface area contributed by atoms with Crippen LogP contribution in [0.15, 0.2) is 18.2 Å². The molecule has 1 saturated heterocycles. The molecule has 1 aromatic rings. The standard InChI is InChI=1S/C11H15NO/c1-8-2-3-9(6-11(8)13)10-4-5-12-7-10/h2-3,6,10,12-13H,4-5,7H2,1H3. The summed E-state index contributed by atoms with van der Waals surface area (Å²) in [5.41, 5.74) is 2.21. The lowest BCUT2D eigenvalue weighted by atomic mass is 9.97. The Morgan fingerprint density at radius 3 is 2.92 bits per heavy atom. The second-order valence-corrected chi connectivity index (χ2v) is 3.74. The summed E-state index contributed by atoms with van der Waals surface area (Å²) in [6.07, 6.45) is 1.18. The van der Waals surface area contributed by atoms with Gasteiger partial charge in [0.15, 0.2) is 0 Å². The second kappa shape index (κ2) is 3.38. The van der Waals surface area contributed by atoms with E-state index in [2.05, 4.69) is 11.4 Å². The lowest BCUT2D eigenvalue weighted by molar-refractivity contribution is 0.469. The molecule has 0 amide bonds. The van der Waals surface area contributed by atoms with Crippen molar-refractivity contribution in [3.63, 3.8) is 0 Å². The first kappa shape index (κ1) is 8.57. The second-order valence-electron chi connectivity index (χ2n) is 3.74. The van der Waals surface area contributed by atoms with Crippen molar-refractivity contribution in [3.8, 4) is 5.75 Å². The maximum atomic E-state index is 9.54. The average Bonchev–Trinajstić information content (AvgIpc) is 2.62. The largest absolute Gasteiger partial charge is 0.508 e. The Bertz CT molecular complexity index is 303. The highest BCUT2D eigenvalue weighted by atomic mass is 16.3. The fourth-order valence-corrected chi connectivity index (χ4v) is 1.82. The number of hydrogen-bond donors (Lipinski definition) is 2. The number of hydrogen-bond acceptors (Lipinski definition) is 2. The summed E-state index contributed by atoms with van der Waals surface area (Å²) in [6, 6.07) is 6.00. The van der Waals surface area contributed by atoms with Crippen LogP contribution in [-0.4, -0.2) is 18.2 Å². The fourth-order valence-electron chi connectivity index (χ4n) is 1.82. The number of phenols is 1. The van der Waals surface area contributed by atoms with Gasteiger partial charge in [0, 0.05) is 6.54 Å². The van der Waals surface area contributed by atoms with Crippen LogP contribution in [0.5, 0.6) is 5.75 Å². The highest BCUT2D eigenvalue weighted by molar-refractivity contribution is 5.37. The first-order chi connectivity index (χ1) is 6.27. The van der Waals surface area contributed by atoms with Crippen molar-refractivity contribution in [2.75, 3.05) is 13.1 Å². The van der Waals surface area contributed by atoms with Crippen LogP contribution in [-0.2, 0) is 0 Å². The molecule has 2 N–H and O–H groups in total. The van der Waals surface area contributed by atoms with E-state index < -0.39 is 0 Å². The van der Waals surface area contributed by atoms with Gasteiger partial charge in [0.1, 0.15) is 5.75 Å². The molecular weight excluding hydrogens is 162 g/mol. The van der Waals surface area contributed by atoms with Crippen LogP contribution >= 0.6 is 0 Å². The molecule has 0 saturated carbocycles. The number of aryl methyl sites for hydroxylation is 1. The molecule has 0 radical (unpaired) electrons. The first-order valence-electron chi connectivity index (χ1n) is 4.77. The van der Waals surface area contributed by atoms with Gasteiger partial charge in [0.25, 0.3) is 0 Å². The van der Waals surface area contributed by atoms with Crippen LogP contribution in [0.2, 0.25) is 0 Å². The predicted octanol–water partition coefficient (Wildman–Crippen LogP) is 1.78. The minimum absolute atomic E-state index is 0.421. The predicted molar refractivity (Wildman–Crippen MR) is 53.1 cm³/mol. The molecule has 2 heteroatoms. The third-order valence-electron chi connectivity index (χ3n) is 2.76. The van der Waals surface area contributed by atoms with Crippen LogP contribution in [0.3, 0.4) is 0 Å². The first-order valence-corrected chi connectivity index (χ1v) is 4.77. The van der Waals surface area contributed by atoms with Crippen LogP contribution < -0.4 is 5.32 Å². The molecule has 1 aromatic carbocycles. The Morgan fingerprint density at radius 1 is 1.46 bits per heavy atom. The van der Waals surface area contributed by atoms with E-state index in [-0.39, 0.29) is 0 Å². The summed E-state index contributed by atoms with van der Waals surface area (Å²) in [6.45, 7) is 4.06. The van der Waals surface area contributed by atoms with Crippen molar-refractivity contribution in [1.29, 1.82) is 0 Å². The van der Waals surface area contributed by atoms with Gasteiger partial charge >= 0.3 is 0 Å². The monoisotopic (exact) mass is 177 g/mol. The number of aromatic hydroxyl groups is 1. The van der Waals surface area contributed by atoms with Gasteiger partial charge in [-0.3, -0.25) is 0 Å².